The van der Waals surface area contributed by atoms with Gasteiger partial charge in [0.25, 0.3) is 0 Å². The van der Waals surface area contributed by atoms with E-state index in [1.807, 2.05) is 25.1 Å². The Kier molecular flexibility index (Phi) is 5.28. The van der Waals surface area contributed by atoms with Gasteiger partial charge < -0.3 is 15.5 Å². The molecule has 3 N–H and O–H groups in total. The Bertz CT molecular complexity index is 780. The first-order valence-corrected chi connectivity index (χ1v) is 8.38. The second-order valence-corrected chi connectivity index (χ2v) is 6.46. The Balaban J connectivity index is 1.84. The summed E-state index contributed by atoms with van der Waals surface area (Å²) < 4.78 is 13.5. The predicted molar refractivity (Wildman–Crippen MR) is 99.7 cm³/mol. The standard InChI is InChI=1S/C17H24FN7/c1-24(2)6-4-20-9-13(8-19)12-7-15-16(21-10-12)22-23-17(15)25-5-3-14(18)11-25/h7-10,14H,3-6,11,19H2,1-2H3,(H,21,22,23). The van der Waals surface area contributed by atoms with Crippen LogP contribution in [0.15, 0.2) is 23.5 Å². The number of anilines is 1. The number of halogens is 1. The van der Waals surface area contributed by atoms with Crippen LogP contribution in [0, 0.1) is 0 Å². The Morgan fingerprint density at radius 1 is 1.56 bits per heavy atom. The molecule has 1 unspecified atom stereocenters. The monoisotopic (exact) mass is 345 g/mol. The summed E-state index contributed by atoms with van der Waals surface area (Å²) in [4.78, 5) is 12.8. The first-order valence-electron chi connectivity index (χ1n) is 8.38. The van der Waals surface area contributed by atoms with Gasteiger partial charge in [-0.05, 0) is 26.6 Å². The summed E-state index contributed by atoms with van der Waals surface area (Å²) in [7, 11) is 4.02. The smallest absolute Gasteiger partial charge is 0.160 e. The van der Waals surface area contributed by atoms with Crippen LogP contribution in [0.25, 0.3) is 16.6 Å². The molecular formula is C17H24FN7. The van der Waals surface area contributed by atoms with E-state index in [4.69, 9.17) is 5.73 Å². The van der Waals surface area contributed by atoms with Crippen molar-refractivity contribution in [2.24, 2.45) is 10.7 Å². The molecule has 3 heterocycles. The van der Waals surface area contributed by atoms with E-state index in [2.05, 4.69) is 25.1 Å². The van der Waals surface area contributed by atoms with Gasteiger partial charge in [0.15, 0.2) is 11.5 Å². The molecule has 0 spiro atoms. The van der Waals surface area contributed by atoms with E-state index in [-0.39, 0.29) is 0 Å². The second-order valence-electron chi connectivity index (χ2n) is 6.46. The zero-order valence-corrected chi connectivity index (χ0v) is 14.6. The molecule has 2 aromatic rings. The SMILES string of the molecule is CN(C)CCN=CC(=CN)c1cnc2[nH]nc(N3CCC(F)C3)c2c1. The number of alkyl halides is 1. The third kappa shape index (κ3) is 3.96. The van der Waals surface area contributed by atoms with Crippen molar-refractivity contribution in [1.29, 1.82) is 0 Å². The van der Waals surface area contributed by atoms with Gasteiger partial charge in [-0.2, -0.15) is 5.10 Å². The van der Waals surface area contributed by atoms with Crippen LogP contribution >= 0.6 is 0 Å². The van der Waals surface area contributed by atoms with Crippen molar-refractivity contribution in [3.8, 4) is 0 Å². The maximum atomic E-state index is 13.5. The minimum Gasteiger partial charge on any atom is -0.404 e. The molecule has 3 rings (SSSR count). The minimum absolute atomic E-state index is 0.371. The Morgan fingerprint density at radius 3 is 3.08 bits per heavy atom. The fourth-order valence-electron chi connectivity index (χ4n) is 2.83. The maximum Gasteiger partial charge on any atom is 0.160 e. The molecule has 8 heteroatoms. The van der Waals surface area contributed by atoms with Crippen molar-refractivity contribution in [3.63, 3.8) is 0 Å². The van der Waals surface area contributed by atoms with Crippen LogP contribution < -0.4 is 10.6 Å². The van der Waals surface area contributed by atoms with E-state index in [0.29, 0.717) is 31.7 Å². The van der Waals surface area contributed by atoms with Crippen molar-refractivity contribution < 1.29 is 4.39 Å². The largest absolute Gasteiger partial charge is 0.404 e. The van der Waals surface area contributed by atoms with Crippen LogP contribution in [0.2, 0.25) is 0 Å². The molecule has 1 fully saturated rings. The van der Waals surface area contributed by atoms with Crippen molar-refractivity contribution in [3.05, 3.63) is 24.0 Å². The van der Waals surface area contributed by atoms with Gasteiger partial charge >= 0.3 is 0 Å². The first-order chi connectivity index (χ1) is 12.1. The van der Waals surface area contributed by atoms with Gasteiger partial charge in [0, 0.05) is 42.8 Å². The zero-order chi connectivity index (χ0) is 17.8. The number of aliphatic imine (C=N–C) groups is 1. The van der Waals surface area contributed by atoms with Crippen molar-refractivity contribution in [1.82, 2.24) is 20.1 Å². The fraction of sp³-hybridized carbons (Fsp3) is 0.471. The Hall–Kier alpha value is -2.48. The van der Waals surface area contributed by atoms with E-state index in [0.717, 1.165) is 28.9 Å². The molecule has 134 valence electrons. The topological polar surface area (TPSA) is 86.4 Å². The summed E-state index contributed by atoms with van der Waals surface area (Å²) in [5, 5.41) is 8.10. The molecule has 25 heavy (non-hydrogen) atoms. The van der Waals surface area contributed by atoms with Crippen LogP contribution in [0.1, 0.15) is 12.0 Å². The van der Waals surface area contributed by atoms with E-state index in [1.165, 1.54) is 6.20 Å². The lowest BCUT2D eigenvalue weighted by Crippen LogP contribution is -2.20. The van der Waals surface area contributed by atoms with Crippen LogP contribution in [-0.2, 0) is 0 Å². The highest BCUT2D eigenvalue weighted by molar-refractivity contribution is 6.10. The number of nitrogens with zero attached hydrogens (tertiary/aromatic N) is 5. The quantitative estimate of drug-likeness (QED) is 0.774. The molecule has 2 aromatic heterocycles. The second kappa shape index (κ2) is 7.60. The Labute approximate surface area is 146 Å². The predicted octanol–water partition coefficient (Wildman–Crippen LogP) is 1.44. The molecule has 0 saturated carbocycles. The van der Waals surface area contributed by atoms with Crippen molar-refractivity contribution >= 4 is 28.6 Å². The lowest BCUT2D eigenvalue weighted by atomic mass is 10.1. The fourth-order valence-corrected chi connectivity index (χ4v) is 2.83. The highest BCUT2D eigenvalue weighted by atomic mass is 19.1. The van der Waals surface area contributed by atoms with Gasteiger partial charge in [0.2, 0.25) is 0 Å². The number of likely N-dealkylation sites (N-methyl/N-ethyl adjacent to an activating group) is 1. The van der Waals surface area contributed by atoms with Gasteiger partial charge in [0.1, 0.15) is 6.17 Å². The minimum atomic E-state index is -0.800. The molecule has 7 nitrogen and oxygen atoms in total. The number of pyridine rings is 1. The highest BCUT2D eigenvalue weighted by Crippen LogP contribution is 2.28. The van der Waals surface area contributed by atoms with E-state index >= 15 is 0 Å². The average molecular weight is 345 g/mol. The van der Waals surface area contributed by atoms with Gasteiger partial charge in [-0.3, -0.25) is 10.1 Å². The van der Waals surface area contributed by atoms with Crippen LogP contribution in [0.5, 0.6) is 0 Å². The molecule has 0 amide bonds. The number of allylic oxidation sites excluding steroid dienone is 1. The number of nitrogens with two attached hydrogens (primary N) is 1. The number of aromatic nitrogens is 3. The zero-order valence-electron chi connectivity index (χ0n) is 14.6. The van der Waals surface area contributed by atoms with Gasteiger partial charge in [-0.15, -0.1) is 0 Å². The number of aromatic amines is 1. The number of nitrogens with one attached hydrogen (secondary N) is 1. The van der Waals surface area contributed by atoms with Crippen LogP contribution in [0.4, 0.5) is 10.2 Å². The summed E-state index contributed by atoms with van der Waals surface area (Å²) in [6, 6.07) is 1.98. The molecule has 1 aliphatic rings. The normalized spacial score (nSPS) is 19.0. The molecule has 1 atom stereocenters. The number of rotatable bonds is 6. The maximum absolute atomic E-state index is 13.5. The van der Waals surface area contributed by atoms with Crippen molar-refractivity contribution in [2.75, 3.05) is 45.2 Å². The number of hydrogen-bond acceptors (Lipinski definition) is 6. The lowest BCUT2D eigenvalue weighted by molar-refractivity contribution is 0.364. The number of H-pyrrole nitrogens is 1. The lowest BCUT2D eigenvalue weighted by Gasteiger charge is -2.14. The molecule has 0 radical (unpaired) electrons. The number of fused-ring (bicyclic) bond motifs is 1. The third-order valence-corrected chi connectivity index (χ3v) is 4.25. The van der Waals surface area contributed by atoms with Crippen molar-refractivity contribution in [2.45, 2.75) is 12.6 Å². The summed E-state index contributed by atoms with van der Waals surface area (Å²) >= 11 is 0. The van der Waals surface area contributed by atoms with Crippen LogP contribution in [-0.4, -0.2) is 72.7 Å². The van der Waals surface area contributed by atoms with E-state index in [9.17, 15) is 4.39 Å². The van der Waals surface area contributed by atoms with Gasteiger partial charge in [-0.25, -0.2) is 9.37 Å². The summed E-state index contributed by atoms with van der Waals surface area (Å²) in [5.41, 5.74) is 8.11. The highest BCUT2D eigenvalue weighted by Gasteiger charge is 2.25. The van der Waals surface area contributed by atoms with E-state index < -0.39 is 6.17 Å². The Morgan fingerprint density at radius 2 is 2.40 bits per heavy atom. The van der Waals surface area contributed by atoms with Gasteiger partial charge in [0.05, 0.1) is 18.5 Å². The molecule has 1 aliphatic heterocycles. The number of hydrogen-bond donors (Lipinski definition) is 2. The third-order valence-electron chi connectivity index (χ3n) is 4.25. The molecular weight excluding hydrogens is 321 g/mol. The summed E-state index contributed by atoms with van der Waals surface area (Å²) in [6.45, 7) is 2.60. The van der Waals surface area contributed by atoms with Crippen LogP contribution in [0.3, 0.4) is 0 Å². The molecule has 1 saturated heterocycles. The van der Waals surface area contributed by atoms with E-state index in [1.54, 1.807) is 12.4 Å². The molecule has 0 bridgehead atoms. The summed E-state index contributed by atoms with van der Waals surface area (Å²) in [5.74, 6) is 0.741. The molecule has 0 aliphatic carbocycles. The molecule has 0 aromatic carbocycles. The summed E-state index contributed by atoms with van der Waals surface area (Å²) in [6.07, 6.45) is 4.76. The first kappa shape index (κ1) is 17.3. The van der Waals surface area contributed by atoms with Gasteiger partial charge in [-0.1, -0.05) is 0 Å². The average Bonchev–Trinajstić information content (AvgIpc) is 3.20.